The van der Waals surface area contributed by atoms with Gasteiger partial charge in [0.1, 0.15) is 5.69 Å². The van der Waals surface area contributed by atoms with Gasteiger partial charge in [0.15, 0.2) is 0 Å². The van der Waals surface area contributed by atoms with Crippen LogP contribution in [-0.2, 0) is 0 Å². The Morgan fingerprint density at radius 3 is 2.14 bits per heavy atom. The summed E-state index contributed by atoms with van der Waals surface area (Å²) >= 11 is 0. The van der Waals surface area contributed by atoms with Crippen molar-refractivity contribution < 1.29 is 14.7 Å². The van der Waals surface area contributed by atoms with Gasteiger partial charge in [-0.3, -0.25) is 4.79 Å². The zero-order valence-corrected chi connectivity index (χ0v) is 12.9. The van der Waals surface area contributed by atoms with E-state index < -0.39 is 5.97 Å². The van der Waals surface area contributed by atoms with Crippen molar-refractivity contribution in [2.75, 3.05) is 0 Å². The number of rotatable bonds is 4. The van der Waals surface area contributed by atoms with E-state index in [0.717, 1.165) is 31.6 Å². The molecule has 0 radical (unpaired) electrons. The Labute approximate surface area is 130 Å². The predicted molar refractivity (Wildman–Crippen MR) is 81.8 cm³/mol. The van der Waals surface area contributed by atoms with Crippen LogP contribution < -0.4 is 0 Å². The number of carboxylic acids is 1. The number of carbonyl (C=O) groups is 2. The van der Waals surface area contributed by atoms with Crippen LogP contribution in [0.15, 0.2) is 18.3 Å². The Morgan fingerprint density at radius 1 is 1.09 bits per heavy atom. The van der Waals surface area contributed by atoms with Gasteiger partial charge in [-0.15, -0.1) is 0 Å². The summed E-state index contributed by atoms with van der Waals surface area (Å²) in [7, 11) is 0. The fourth-order valence-electron chi connectivity index (χ4n) is 3.30. The first-order valence-electron chi connectivity index (χ1n) is 8.08. The van der Waals surface area contributed by atoms with E-state index in [-0.39, 0.29) is 11.6 Å². The van der Waals surface area contributed by atoms with Gasteiger partial charge in [-0.1, -0.05) is 6.92 Å². The minimum absolute atomic E-state index is 0.00601. The molecule has 1 aromatic heterocycles. The first kappa shape index (κ1) is 15.0. The fourth-order valence-corrected chi connectivity index (χ4v) is 3.30. The molecule has 2 fully saturated rings. The van der Waals surface area contributed by atoms with Crippen molar-refractivity contribution in [3.05, 3.63) is 29.6 Å². The van der Waals surface area contributed by atoms with E-state index in [0.29, 0.717) is 17.6 Å². The maximum absolute atomic E-state index is 12.8. The van der Waals surface area contributed by atoms with Crippen molar-refractivity contribution in [2.24, 2.45) is 5.92 Å². The van der Waals surface area contributed by atoms with Crippen LogP contribution in [0.2, 0.25) is 0 Å². The third kappa shape index (κ3) is 3.13. The molecule has 2 aliphatic carbocycles. The molecular formula is C17H22N2O3. The summed E-state index contributed by atoms with van der Waals surface area (Å²) in [6, 6.07) is 3.68. The van der Waals surface area contributed by atoms with Crippen molar-refractivity contribution in [3.8, 4) is 0 Å². The van der Waals surface area contributed by atoms with E-state index in [1.807, 2.05) is 4.90 Å². The molecule has 3 rings (SSSR count). The Hall–Kier alpha value is -1.91. The van der Waals surface area contributed by atoms with Crippen LogP contribution in [0.1, 0.15) is 66.3 Å². The minimum atomic E-state index is -1.07. The van der Waals surface area contributed by atoms with Gasteiger partial charge in [-0.05, 0) is 56.6 Å². The molecule has 1 aromatic rings. The van der Waals surface area contributed by atoms with E-state index in [1.54, 1.807) is 6.07 Å². The van der Waals surface area contributed by atoms with E-state index in [4.69, 9.17) is 5.11 Å². The smallest absolute Gasteiger partial charge is 0.354 e. The van der Waals surface area contributed by atoms with Crippen LogP contribution in [0.3, 0.4) is 0 Å². The molecule has 1 amide bonds. The molecule has 1 N–H and O–H groups in total. The highest BCUT2D eigenvalue weighted by Gasteiger charge is 2.38. The second kappa shape index (κ2) is 6.07. The summed E-state index contributed by atoms with van der Waals surface area (Å²) in [6.07, 6.45) is 8.06. The SMILES string of the molecule is CC1CCC(N(C(=O)c2ccc(C(=O)O)nc2)C2CC2)CC1. The molecule has 5 nitrogen and oxygen atoms in total. The molecule has 0 unspecified atom stereocenters. The highest BCUT2D eigenvalue weighted by Crippen LogP contribution is 2.36. The molecular weight excluding hydrogens is 280 g/mol. The molecule has 0 atom stereocenters. The maximum Gasteiger partial charge on any atom is 0.354 e. The van der Waals surface area contributed by atoms with E-state index in [9.17, 15) is 9.59 Å². The zero-order chi connectivity index (χ0) is 15.7. The average molecular weight is 302 g/mol. The Balaban J connectivity index is 1.76. The van der Waals surface area contributed by atoms with Gasteiger partial charge in [0, 0.05) is 18.3 Å². The third-order valence-corrected chi connectivity index (χ3v) is 4.78. The first-order valence-corrected chi connectivity index (χ1v) is 8.08. The van der Waals surface area contributed by atoms with Gasteiger partial charge >= 0.3 is 5.97 Å². The van der Waals surface area contributed by atoms with E-state index in [1.165, 1.54) is 25.1 Å². The number of carbonyl (C=O) groups excluding carboxylic acids is 1. The molecule has 1 heterocycles. The molecule has 5 heteroatoms. The predicted octanol–water partition coefficient (Wildman–Crippen LogP) is 2.96. The molecule has 0 aromatic carbocycles. The van der Waals surface area contributed by atoms with Crippen molar-refractivity contribution >= 4 is 11.9 Å². The lowest BCUT2D eigenvalue weighted by Gasteiger charge is -2.36. The van der Waals surface area contributed by atoms with Gasteiger partial charge in [-0.2, -0.15) is 0 Å². The van der Waals surface area contributed by atoms with Gasteiger partial charge in [0.05, 0.1) is 5.56 Å². The van der Waals surface area contributed by atoms with E-state index in [2.05, 4.69) is 11.9 Å². The average Bonchev–Trinajstić information content (AvgIpc) is 3.34. The number of carboxylic acid groups (broad SMARTS) is 1. The molecule has 0 saturated heterocycles. The standard InChI is InChI=1S/C17H22N2O3/c1-11-2-5-13(6-3-11)19(14-7-8-14)16(20)12-4-9-15(17(21)22)18-10-12/h4,9-11,13-14H,2-3,5-8H2,1H3,(H,21,22). The summed E-state index contributed by atoms with van der Waals surface area (Å²) in [4.78, 5) is 29.6. The molecule has 2 saturated carbocycles. The van der Waals surface area contributed by atoms with Crippen molar-refractivity contribution in [1.82, 2.24) is 9.88 Å². The summed E-state index contributed by atoms with van der Waals surface area (Å²) in [5.74, 6) is -0.310. The number of nitrogens with zero attached hydrogens (tertiary/aromatic N) is 2. The lowest BCUT2D eigenvalue weighted by molar-refractivity contribution is 0.0590. The van der Waals surface area contributed by atoms with Gasteiger partial charge < -0.3 is 10.0 Å². The van der Waals surface area contributed by atoms with Crippen LogP contribution in [0.4, 0.5) is 0 Å². The summed E-state index contributed by atoms with van der Waals surface area (Å²) in [5, 5.41) is 8.89. The fraction of sp³-hybridized carbons (Fsp3) is 0.588. The third-order valence-electron chi connectivity index (χ3n) is 4.78. The van der Waals surface area contributed by atoms with Crippen LogP contribution in [0.25, 0.3) is 0 Å². The van der Waals surface area contributed by atoms with Crippen LogP contribution in [-0.4, -0.2) is 39.0 Å². The first-order chi connectivity index (χ1) is 10.6. The molecule has 2 aliphatic rings. The largest absolute Gasteiger partial charge is 0.477 e. The maximum atomic E-state index is 12.8. The number of amides is 1. The van der Waals surface area contributed by atoms with Crippen molar-refractivity contribution in [2.45, 2.75) is 57.5 Å². The van der Waals surface area contributed by atoms with Crippen LogP contribution in [0, 0.1) is 5.92 Å². The van der Waals surface area contributed by atoms with Crippen LogP contribution in [0.5, 0.6) is 0 Å². The normalized spacial score (nSPS) is 24.8. The Morgan fingerprint density at radius 2 is 1.68 bits per heavy atom. The van der Waals surface area contributed by atoms with Crippen molar-refractivity contribution in [1.29, 1.82) is 0 Å². The quantitative estimate of drug-likeness (QED) is 0.928. The van der Waals surface area contributed by atoms with E-state index >= 15 is 0 Å². The number of aromatic carboxylic acids is 1. The lowest BCUT2D eigenvalue weighted by Crippen LogP contribution is -2.43. The monoisotopic (exact) mass is 302 g/mol. The molecule has 118 valence electrons. The summed E-state index contributed by atoms with van der Waals surface area (Å²) in [6.45, 7) is 2.27. The lowest BCUT2D eigenvalue weighted by atomic mass is 9.86. The molecule has 22 heavy (non-hydrogen) atoms. The highest BCUT2D eigenvalue weighted by atomic mass is 16.4. The van der Waals surface area contributed by atoms with Gasteiger partial charge in [0.2, 0.25) is 0 Å². The second-order valence-electron chi connectivity index (χ2n) is 6.59. The zero-order valence-electron chi connectivity index (χ0n) is 12.9. The minimum Gasteiger partial charge on any atom is -0.477 e. The number of aromatic nitrogens is 1. The summed E-state index contributed by atoms with van der Waals surface area (Å²) in [5.41, 5.74) is 0.469. The Kier molecular flexibility index (Phi) is 4.14. The molecule has 0 spiro atoms. The highest BCUT2D eigenvalue weighted by molar-refractivity contribution is 5.95. The van der Waals surface area contributed by atoms with Crippen molar-refractivity contribution in [3.63, 3.8) is 0 Å². The number of hydrogen-bond acceptors (Lipinski definition) is 3. The Bertz CT molecular complexity index is 558. The summed E-state index contributed by atoms with van der Waals surface area (Å²) < 4.78 is 0. The topological polar surface area (TPSA) is 70.5 Å². The molecule has 0 aliphatic heterocycles. The number of pyridine rings is 1. The van der Waals surface area contributed by atoms with Crippen LogP contribution >= 0.6 is 0 Å². The number of hydrogen-bond donors (Lipinski definition) is 1. The second-order valence-corrected chi connectivity index (χ2v) is 6.59. The van der Waals surface area contributed by atoms with Gasteiger partial charge in [-0.25, -0.2) is 9.78 Å². The molecule has 0 bridgehead atoms. The van der Waals surface area contributed by atoms with Gasteiger partial charge in [0.25, 0.3) is 5.91 Å².